The van der Waals surface area contributed by atoms with E-state index in [0.29, 0.717) is 28.2 Å². The maximum atomic E-state index is 13.1. The van der Waals surface area contributed by atoms with Gasteiger partial charge in [-0.05, 0) is 35.9 Å². The topological polar surface area (TPSA) is 132 Å². The molecule has 1 atom stereocenters. The number of pyridine rings is 1. The molecule has 2 N–H and O–H groups in total. The van der Waals surface area contributed by atoms with Gasteiger partial charge in [-0.15, -0.1) is 0 Å². The Morgan fingerprint density at radius 3 is 2.79 bits per heavy atom. The highest BCUT2D eigenvalue weighted by Gasteiger charge is 2.53. The van der Waals surface area contributed by atoms with Crippen LogP contribution in [-0.2, 0) is 16.9 Å². The molecule has 0 spiro atoms. The summed E-state index contributed by atoms with van der Waals surface area (Å²) in [6.45, 7) is 0.164. The van der Waals surface area contributed by atoms with Gasteiger partial charge < -0.3 is 19.4 Å². The second-order valence-corrected chi connectivity index (χ2v) is 8.11. The number of methoxy groups -OCH3 is 1. The first-order valence-electron chi connectivity index (χ1n) is 10.5. The summed E-state index contributed by atoms with van der Waals surface area (Å²) in [6, 6.07) is 11.4. The molecule has 0 aliphatic carbocycles. The molecule has 2 aliphatic rings. The predicted octanol–water partition coefficient (Wildman–Crippen LogP) is 1.71. The maximum Gasteiger partial charge on any atom is 0.322 e. The van der Waals surface area contributed by atoms with Gasteiger partial charge in [0.05, 0.1) is 13.7 Å². The summed E-state index contributed by atoms with van der Waals surface area (Å²) in [5, 5.41) is 9.12. The van der Waals surface area contributed by atoms with E-state index in [9.17, 15) is 14.4 Å². The van der Waals surface area contributed by atoms with Crippen LogP contribution in [0, 0.1) is 0 Å². The molecule has 0 radical (unpaired) electrons. The molecule has 11 nitrogen and oxygen atoms in total. The standard InChI is InChI=1S/C23H18N6O5/c1-33-14-4-3-13-11-28(20(30)15(13)9-14)12-23(21(31)26-22(32)27-23)18-10-16-17(34-18)5-6-19(25-16)29-8-2-7-24-29/h2-10H,11-12H2,1H3,(H2,26,27,31,32). The highest BCUT2D eigenvalue weighted by atomic mass is 16.5. The summed E-state index contributed by atoms with van der Waals surface area (Å²) in [6.07, 6.45) is 3.40. The fraction of sp³-hybridized carbons (Fsp3) is 0.174. The Morgan fingerprint density at radius 1 is 1.18 bits per heavy atom. The van der Waals surface area contributed by atoms with Crippen molar-refractivity contribution >= 4 is 28.9 Å². The minimum atomic E-state index is -1.61. The first-order chi connectivity index (χ1) is 16.5. The number of imide groups is 1. The van der Waals surface area contributed by atoms with Crippen LogP contribution in [0.4, 0.5) is 4.79 Å². The van der Waals surface area contributed by atoms with E-state index >= 15 is 0 Å². The zero-order valence-electron chi connectivity index (χ0n) is 17.9. The number of carbonyl (C=O) groups is 3. The number of urea groups is 1. The lowest BCUT2D eigenvalue weighted by Crippen LogP contribution is -2.52. The van der Waals surface area contributed by atoms with E-state index < -0.39 is 17.5 Å². The summed E-state index contributed by atoms with van der Waals surface area (Å²) >= 11 is 0. The highest BCUT2D eigenvalue weighted by molar-refractivity contribution is 6.08. The zero-order chi connectivity index (χ0) is 23.4. The van der Waals surface area contributed by atoms with Crippen LogP contribution in [0.3, 0.4) is 0 Å². The van der Waals surface area contributed by atoms with Gasteiger partial charge in [0.2, 0.25) is 0 Å². The van der Waals surface area contributed by atoms with Gasteiger partial charge in [-0.3, -0.25) is 14.9 Å². The van der Waals surface area contributed by atoms with Crippen LogP contribution < -0.4 is 15.4 Å². The van der Waals surface area contributed by atoms with Crippen LogP contribution in [0.2, 0.25) is 0 Å². The minimum Gasteiger partial charge on any atom is -0.497 e. The van der Waals surface area contributed by atoms with Crippen molar-refractivity contribution in [2.24, 2.45) is 0 Å². The molecule has 1 saturated heterocycles. The number of furan rings is 1. The number of amides is 4. The summed E-state index contributed by atoms with van der Waals surface area (Å²) in [7, 11) is 1.53. The number of benzene rings is 1. The third kappa shape index (κ3) is 2.94. The molecule has 2 aliphatic heterocycles. The first-order valence-corrected chi connectivity index (χ1v) is 10.5. The predicted molar refractivity (Wildman–Crippen MR) is 117 cm³/mol. The van der Waals surface area contributed by atoms with E-state index in [1.54, 1.807) is 53.5 Å². The number of nitrogens with zero attached hydrogens (tertiary/aromatic N) is 4. The van der Waals surface area contributed by atoms with Gasteiger partial charge in [0.25, 0.3) is 11.8 Å². The third-order valence-corrected chi connectivity index (χ3v) is 6.08. The highest BCUT2D eigenvalue weighted by Crippen LogP contribution is 2.34. The molecule has 11 heteroatoms. The van der Waals surface area contributed by atoms with Gasteiger partial charge in [0, 0.05) is 30.6 Å². The Hall–Kier alpha value is -4.67. The van der Waals surface area contributed by atoms with Crippen LogP contribution in [0.1, 0.15) is 21.7 Å². The second kappa shape index (κ2) is 7.17. The van der Waals surface area contributed by atoms with E-state index in [2.05, 4.69) is 20.7 Å². The number of hydrogen-bond acceptors (Lipinski definition) is 7. The summed E-state index contributed by atoms with van der Waals surface area (Å²) in [5.41, 5.74) is 0.609. The molecule has 1 aromatic carbocycles. The summed E-state index contributed by atoms with van der Waals surface area (Å²) in [5.74, 6) is 0.435. The van der Waals surface area contributed by atoms with Crippen molar-refractivity contribution in [1.82, 2.24) is 30.3 Å². The number of aromatic nitrogens is 3. The fourth-order valence-electron chi connectivity index (χ4n) is 4.39. The van der Waals surface area contributed by atoms with Crippen molar-refractivity contribution in [3.05, 3.63) is 71.7 Å². The van der Waals surface area contributed by atoms with Crippen LogP contribution in [0.25, 0.3) is 16.9 Å². The van der Waals surface area contributed by atoms with Crippen molar-refractivity contribution in [1.29, 1.82) is 0 Å². The van der Waals surface area contributed by atoms with Crippen LogP contribution in [0.5, 0.6) is 5.75 Å². The molecule has 3 aromatic heterocycles. The van der Waals surface area contributed by atoms with Crippen molar-refractivity contribution in [2.45, 2.75) is 12.1 Å². The molecule has 0 saturated carbocycles. The normalized spacial score (nSPS) is 19.4. The average Bonchev–Trinajstić information content (AvgIpc) is 3.61. The van der Waals surface area contributed by atoms with E-state index in [-0.39, 0.29) is 24.8 Å². The van der Waals surface area contributed by atoms with E-state index in [1.165, 1.54) is 12.0 Å². The fourth-order valence-corrected chi connectivity index (χ4v) is 4.39. The van der Waals surface area contributed by atoms with Gasteiger partial charge in [-0.2, -0.15) is 5.10 Å². The molecule has 5 heterocycles. The lowest BCUT2D eigenvalue weighted by molar-refractivity contribution is -0.125. The SMILES string of the molecule is COc1ccc2c(c1)C(=O)N(CC1(c3cc4nc(-n5cccn5)ccc4o3)NC(=O)NC1=O)C2. The second-order valence-electron chi connectivity index (χ2n) is 8.11. The molecule has 34 heavy (non-hydrogen) atoms. The third-order valence-electron chi connectivity index (χ3n) is 6.08. The Morgan fingerprint density at radius 2 is 2.06 bits per heavy atom. The summed E-state index contributed by atoms with van der Waals surface area (Å²) < 4.78 is 12.8. The number of fused-ring (bicyclic) bond motifs is 2. The molecule has 1 unspecified atom stereocenters. The Bertz CT molecular complexity index is 1480. The molecule has 1 fully saturated rings. The molecule has 170 valence electrons. The number of nitrogens with one attached hydrogen (secondary N) is 2. The van der Waals surface area contributed by atoms with E-state index in [1.807, 2.05) is 6.07 Å². The smallest absolute Gasteiger partial charge is 0.322 e. The first kappa shape index (κ1) is 20.0. The number of hydrogen-bond donors (Lipinski definition) is 2. The molecule has 4 aromatic rings. The van der Waals surface area contributed by atoms with Crippen LogP contribution in [0.15, 0.2) is 59.3 Å². The van der Waals surface area contributed by atoms with Crippen molar-refractivity contribution < 1.29 is 23.5 Å². The minimum absolute atomic E-state index is 0.119. The lowest BCUT2D eigenvalue weighted by atomic mass is 9.95. The van der Waals surface area contributed by atoms with E-state index in [0.717, 1.165) is 5.56 Å². The van der Waals surface area contributed by atoms with Crippen molar-refractivity contribution in [3.63, 3.8) is 0 Å². The quantitative estimate of drug-likeness (QED) is 0.435. The Balaban J connectivity index is 1.39. The molecular formula is C23H18N6O5. The molecule has 6 rings (SSSR count). The monoisotopic (exact) mass is 458 g/mol. The van der Waals surface area contributed by atoms with Gasteiger partial charge in [-0.1, -0.05) is 6.07 Å². The number of rotatable bonds is 5. The number of carbonyl (C=O) groups excluding carboxylic acids is 3. The zero-order valence-corrected chi connectivity index (χ0v) is 17.9. The maximum absolute atomic E-state index is 13.1. The van der Waals surface area contributed by atoms with E-state index in [4.69, 9.17) is 9.15 Å². The Kier molecular flexibility index (Phi) is 4.21. The Labute approximate surface area is 192 Å². The largest absolute Gasteiger partial charge is 0.497 e. The van der Waals surface area contributed by atoms with Gasteiger partial charge in [0.1, 0.15) is 17.0 Å². The summed E-state index contributed by atoms with van der Waals surface area (Å²) in [4.78, 5) is 44.4. The molecule has 0 bridgehead atoms. The van der Waals surface area contributed by atoms with Gasteiger partial charge in [0.15, 0.2) is 16.9 Å². The van der Waals surface area contributed by atoms with Crippen LogP contribution >= 0.6 is 0 Å². The van der Waals surface area contributed by atoms with Crippen molar-refractivity contribution in [3.8, 4) is 11.6 Å². The molecular weight excluding hydrogens is 440 g/mol. The average molecular weight is 458 g/mol. The van der Waals surface area contributed by atoms with Gasteiger partial charge >= 0.3 is 6.03 Å². The lowest BCUT2D eigenvalue weighted by Gasteiger charge is -2.28. The van der Waals surface area contributed by atoms with Crippen molar-refractivity contribution in [2.75, 3.05) is 13.7 Å². The van der Waals surface area contributed by atoms with Gasteiger partial charge in [-0.25, -0.2) is 14.5 Å². The van der Waals surface area contributed by atoms with Crippen LogP contribution in [-0.4, -0.2) is 51.2 Å². The molecule has 4 amide bonds. The number of ether oxygens (including phenoxy) is 1.